The summed E-state index contributed by atoms with van der Waals surface area (Å²) in [7, 11) is -3.24. The summed E-state index contributed by atoms with van der Waals surface area (Å²) in [6.45, 7) is 6.41. The molecule has 1 N–H and O–H groups in total. The Bertz CT molecular complexity index is 744. The van der Waals surface area contributed by atoms with Crippen LogP contribution in [0.5, 0.6) is 0 Å². The Kier molecular flexibility index (Phi) is 4.46. The molecule has 0 aliphatic heterocycles. The quantitative estimate of drug-likeness (QED) is 0.919. The molecule has 1 aromatic heterocycles. The molecule has 2 rings (SSSR count). The maximum Gasteiger partial charge on any atom is 0.175 e. The molecule has 2 atom stereocenters. The maximum atomic E-state index is 11.7. The molecule has 1 heterocycles. The minimum Gasteiger partial charge on any atom is -0.367 e. The number of sulfone groups is 1. The molecule has 2 unspecified atom stereocenters. The number of nitrogens with zero attached hydrogens (tertiary/aromatic N) is 2. The lowest BCUT2D eigenvalue weighted by Gasteiger charge is -2.21. The molecule has 0 saturated heterocycles. The highest BCUT2D eigenvalue weighted by Crippen LogP contribution is 2.24. The van der Waals surface area contributed by atoms with E-state index in [-0.39, 0.29) is 10.9 Å². The van der Waals surface area contributed by atoms with Gasteiger partial charge in [0.05, 0.1) is 10.4 Å². The number of fused-ring (bicyclic) bond motifs is 1. The molecular weight excluding hydrogens is 286 g/mol. The molecule has 0 radical (unpaired) electrons. The van der Waals surface area contributed by atoms with Crippen molar-refractivity contribution in [1.82, 2.24) is 9.97 Å². The van der Waals surface area contributed by atoms with Gasteiger partial charge in [-0.15, -0.1) is 0 Å². The van der Waals surface area contributed by atoms with Gasteiger partial charge in [-0.3, -0.25) is 0 Å². The van der Waals surface area contributed by atoms with Crippen LogP contribution in [0.1, 0.15) is 27.2 Å². The molecule has 1 aromatic carbocycles. The minimum absolute atomic E-state index is 0.245. The number of rotatable bonds is 5. The number of hydrogen-bond donors (Lipinski definition) is 1. The summed E-state index contributed by atoms with van der Waals surface area (Å²) in [4.78, 5) is 8.74. The zero-order chi connectivity index (χ0) is 15.6. The van der Waals surface area contributed by atoms with Gasteiger partial charge in [0.25, 0.3) is 0 Å². The molecule has 0 aliphatic rings. The molecule has 0 bridgehead atoms. The molecule has 21 heavy (non-hydrogen) atoms. The summed E-state index contributed by atoms with van der Waals surface area (Å²) in [6.07, 6.45) is 3.76. The lowest BCUT2D eigenvalue weighted by molar-refractivity contribution is 0.494. The first-order chi connectivity index (χ1) is 9.82. The van der Waals surface area contributed by atoms with Crippen molar-refractivity contribution >= 4 is 26.6 Å². The van der Waals surface area contributed by atoms with Gasteiger partial charge in [-0.25, -0.2) is 18.4 Å². The predicted octanol–water partition coefficient (Wildman–Crippen LogP) is 2.88. The van der Waals surface area contributed by atoms with Crippen LogP contribution in [0.4, 0.5) is 5.82 Å². The van der Waals surface area contributed by atoms with Crippen LogP contribution in [-0.4, -0.2) is 30.7 Å². The summed E-state index contributed by atoms with van der Waals surface area (Å²) >= 11 is 0. The van der Waals surface area contributed by atoms with Crippen LogP contribution in [0.2, 0.25) is 0 Å². The summed E-state index contributed by atoms with van der Waals surface area (Å²) in [6, 6.07) is 5.17. The minimum atomic E-state index is -3.24. The maximum absolute atomic E-state index is 11.7. The molecule has 2 aromatic rings. The van der Waals surface area contributed by atoms with Gasteiger partial charge in [-0.05, 0) is 31.0 Å². The van der Waals surface area contributed by atoms with Crippen molar-refractivity contribution < 1.29 is 8.42 Å². The number of nitrogens with one attached hydrogen (secondary N) is 1. The van der Waals surface area contributed by atoms with Crippen LogP contribution in [0.25, 0.3) is 10.9 Å². The van der Waals surface area contributed by atoms with Crippen molar-refractivity contribution in [2.45, 2.75) is 38.1 Å². The zero-order valence-electron chi connectivity index (χ0n) is 12.8. The summed E-state index contributed by atoms with van der Waals surface area (Å²) < 4.78 is 23.4. The first kappa shape index (κ1) is 15.7. The topological polar surface area (TPSA) is 72.0 Å². The average Bonchev–Trinajstić information content (AvgIpc) is 2.45. The number of benzene rings is 1. The first-order valence-corrected chi connectivity index (χ1v) is 8.93. The molecular formula is C15H21N3O2S. The van der Waals surface area contributed by atoms with Crippen LogP contribution in [0.3, 0.4) is 0 Å². The zero-order valence-corrected chi connectivity index (χ0v) is 13.6. The molecule has 0 spiro atoms. The fraction of sp³-hybridized carbons (Fsp3) is 0.467. The van der Waals surface area contributed by atoms with Gasteiger partial charge < -0.3 is 5.32 Å². The summed E-state index contributed by atoms with van der Waals surface area (Å²) in [5.74, 6) is 1.17. The highest BCUT2D eigenvalue weighted by atomic mass is 32.2. The van der Waals surface area contributed by atoms with Crippen molar-refractivity contribution in [2.75, 3.05) is 11.6 Å². The lowest BCUT2D eigenvalue weighted by Crippen LogP contribution is -2.24. The van der Waals surface area contributed by atoms with Crippen LogP contribution in [0.15, 0.2) is 29.4 Å². The Morgan fingerprint density at radius 3 is 2.57 bits per heavy atom. The third-order valence-corrected chi connectivity index (χ3v) is 5.01. The summed E-state index contributed by atoms with van der Waals surface area (Å²) in [5.41, 5.74) is 0.733. The monoisotopic (exact) mass is 307 g/mol. The second-order valence-electron chi connectivity index (χ2n) is 5.49. The summed E-state index contributed by atoms with van der Waals surface area (Å²) in [5, 5.41) is 4.10. The van der Waals surface area contributed by atoms with E-state index in [4.69, 9.17) is 0 Å². The molecule has 0 saturated carbocycles. The second-order valence-corrected chi connectivity index (χ2v) is 7.51. The van der Waals surface area contributed by atoms with E-state index in [1.807, 2.05) is 0 Å². The van der Waals surface area contributed by atoms with E-state index >= 15 is 0 Å². The van der Waals surface area contributed by atoms with Gasteiger partial charge in [0.2, 0.25) is 0 Å². The van der Waals surface area contributed by atoms with E-state index in [1.165, 1.54) is 12.6 Å². The normalized spacial score (nSPS) is 14.9. The standard InChI is InChI=1S/C15H21N3O2S/c1-5-10(2)11(3)18-15-13-8-12(21(4,19)20)6-7-14(13)16-9-17-15/h6-11H,5H2,1-4H3,(H,16,17,18). The SMILES string of the molecule is CCC(C)C(C)Nc1ncnc2ccc(S(C)(=O)=O)cc12. The third-order valence-electron chi connectivity index (χ3n) is 3.90. The Labute approximate surface area is 125 Å². The second kappa shape index (κ2) is 5.97. The van der Waals surface area contributed by atoms with E-state index in [0.717, 1.165) is 17.3 Å². The fourth-order valence-electron chi connectivity index (χ4n) is 2.09. The molecule has 114 valence electrons. The predicted molar refractivity (Wildman–Crippen MR) is 85.2 cm³/mol. The molecule has 0 amide bonds. The van der Waals surface area contributed by atoms with Crippen molar-refractivity contribution in [3.8, 4) is 0 Å². The van der Waals surface area contributed by atoms with Gasteiger partial charge in [0.15, 0.2) is 9.84 Å². The van der Waals surface area contributed by atoms with Gasteiger partial charge >= 0.3 is 0 Å². The Morgan fingerprint density at radius 2 is 1.95 bits per heavy atom. The van der Waals surface area contributed by atoms with Crippen LogP contribution in [0, 0.1) is 5.92 Å². The molecule has 6 heteroatoms. The van der Waals surface area contributed by atoms with Crippen molar-refractivity contribution in [1.29, 1.82) is 0 Å². The van der Waals surface area contributed by atoms with E-state index in [0.29, 0.717) is 11.7 Å². The largest absolute Gasteiger partial charge is 0.367 e. The Hall–Kier alpha value is -1.69. The highest BCUT2D eigenvalue weighted by Gasteiger charge is 2.14. The smallest absolute Gasteiger partial charge is 0.175 e. The van der Waals surface area contributed by atoms with Crippen LogP contribution >= 0.6 is 0 Å². The number of hydrogen-bond acceptors (Lipinski definition) is 5. The lowest BCUT2D eigenvalue weighted by atomic mass is 10.0. The van der Waals surface area contributed by atoms with Crippen molar-refractivity contribution in [2.24, 2.45) is 5.92 Å². The first-order valence-electron chi connectivity index (χ1n) is 7.04. The molecule has 0 aliphatic carbocycles. The highest BCUT2D eigenvalue weighted by molar-refractivity contribution is 7.90. The van der Waals surface area contributed by atoms with Gasteiger partial charge in [-0.1, -0.05) is 20.3 Å². The fourth-order valence-corrected chi connectivity index (χ4v) is 2.74. The van der Waals surface area contributed by atoms with Crippen molar-refractivity contribution in [3.63, 3.8) is 0 Å². The van der Waals surface area contributed by atoms with E-state index in [9.17, 15) is 8.42 Å². The number of anilines is 1. The Balaban J connectivity index is 2.48. The van der Waals surface area contributed by atoms with Crippen LogP contribution in [-0.2, 0) is 9.84 Å². The average molecular weight is 307 g/mol. The van der Waals surface area contributed by atoms with E-state index in [1.54, 1.807) is 18.2 Å². The van der Waals surface area contributed by atoms with E-state index in [2.05, 4.69) is 36.1 Å². The van der Waals surface area contributed by atoms with Gasteiger partial charge in [0, 0.05) is 17.7 Å². The Morgan fingerprint density at radius 1 is 1.24 bits per heavy atom. The van der Waals surface area contributed by atoms with Crippen molar-refractivity contribution in [3.05, 3.63) is 24.5 Å². The molecule has 5 nitrogen and oxygen atoms in total. The van der Waals surface area contributed by atoms with E-state index < -0.39 is 9.84 Å². The van der Waals surface area contributed by atoms with Crippen LogP contribution < -0.4 is 5.32 Å². The third kappa shape index (κ3) is 3.50. The van der Waals surface area contributed by atoms with Gasteiger partial charge in [-0.2, -0.15) is 0 Å². The van der Waals surface area contributed by atoms with Gasteiger partial charge in [0.1, 0.15) is 12.1 Å². The molecule has 0 fully saturated rings. The number of aromatic nitrogens is 2.